The van der Waals surface area contributed by atoms with E-state index in [1.807, 2.05) is 36.4 Å². The summed E-state index contributed by atoms with van der Waals surface area (Å²) < 4.78 is 30.1. The van der Waals surface area contributed by atoms with Crippen molar-refractivity contribution >= 4 is 32.5 Å². The van der Waals surface area contributed by atoms with Gasteiger partial charge in [0.15, 0.2) is 0 Å². The van der Waals surface area contributed by atoms with Gasteiger partial charge in [-0.3, -0.25) is 9.88 Å². The number of hydrogen-bond donors (Lipinski definition) is 3. The molecule has 39 heavy (non-hydrogen) atoms. The number of phenolic OH excluding ortho intramolecular Hbond substituents is 1. The van der Waals surface area contributed by atoms with E-state index >= 15 is 0 Å². The zero-order valence-corrected chi connectivity index (χ0v) is 22.2. The fraction of sp³-hybridized carbons (Fsp3) is 0.241. The van der Waals surface area contributed by atoms with E-state index in [4.69, 9.17) is 0 Å². The van der Waals surface area contributed by atoms with E-state index in [1.165, 1.54) is 0 Å². The summed E-state index contributed by atoms with van der Waals surface area (Å²) >= 11 is 0. The average Bonchev–Trinajstić information content (AvgIpc) is 2.94. The normalized spacial score (nSPS) is 15.2. The van der Waals surface area contributed by atoms with E-state index in [9.17, 15) is 18.3 Å². The number of nitrogens with one attached hydrogen (secondary N) is 2. The van der Waals surface area contributed by atoms with Crippen LogP contribution in [-0.4, -0.2) is 73.1 Å². The molecule has 0 radical (unpaired) electrons. The van der Waals surface area contributed by atoms with Crippen molar-refractivity contribution < 1.29 is 18.3 Å². The fourth-order valence-electron chi connectivity index (χ4n) is 4.84. The molecule has 1 aliphatic heterocycles. The second-order valence-electron chi connectivity index (χ2n) is 9.63. The highest BCUT2D eigenvalue weighted by Gasteiger charge is 2.27. The number of nitrogens with zero attached hydrogens (tertiary/aromatic N) is 3. The molecule has 2 heterocycles. The highest BCUT2D eigenvalue weighted by atomic mass is 32.2. The number of amides is 2. The number of anilines is 1. The Hall–Kier alpha value is -3.99. The van der Waals surface area contributed by atoms with E-state index in [0.717, 1.165) is 16.6 Å². The lowest BCUT2D eigenvalue weighted by Gasteiger charge is -2.36. The van der Waals surface area contributed by atoms with Gasteiger partial charge < -0.3 is 15.3 Å². The number of sulfonamides is 1. The van der Waals surface area contributed by atoms with Crippen molar-refractivity contribution in [3.05, 3.63) is 96.8 Å². The lowest BCUT2D eigenvalue weighted by Crippen LogP contribution is -2.53. The number of phenols is 1. The second-order valence-corrected chi connectivity index (χ2v) is 11.3. The van der Waals surface area contributed by atoms with Gasteiger partial charge in [-0.15, -0.1) is 0 Å². The van der Waals surface area contributed by atoms with E-state index in [1.54, 1.807) is 59.8 Å². The summed E-state index contributed by atoms with van der Waals surface area (Å²) in [4.78, 5) is 21.0. The van der Waals surface area contributed by atoms with Crippen LogP contribution in [0.4, 0.5) is 10.5 Å². The van der Waals surface area contributed by atoms with Crippen molar-refractivity contribution in [2.75, 3.05) is 38.0 Å². The fourth-order valence-corrected chi connectivity index (χ4v) is 6.30. The van der Waals surface area contributed by atoms with Gasteiger partial charge in [0.2, 0.25) is 10.0 Å². The SMILES string of the molecule is O=C(Nc1ccccc1)N1CCN(CC(Cc2ccc(O)cc2)NS(=O)(=O)c2cccc3cnccc23)CC1. The zero-order chi connectivity index (χ0) is 27.2. The van der Waals surface area contributed by atoms with Crippen LogP contribution in [0.1, 0.15) is 5.56 Å². The molecule has 1 aliphatic rings. The van der Waals surface area contributed by atoms with Crippen LogP contribution in [0.2, 0.25) is 0 Å². The Kier molecular flexibility index (Phi) is 8.06. The molecule has 3 aromatic carbocycles. The monoisotopic (exact) mass is 545 g/mol. The van der Waals surface area contributed by atoms with Gasteiger partial charge in [0, 0.05) is 67.6 Å². The molecule has 3 N–H and O–H groups in total. The summed E-state index contributed by atoms with van der Waals surface area (Å²) in [5.74, 6) is 0.158. The molecule has 10 heteroatoms. The number of fused-ring (bicyclic) bond motifs is 1. The molecule has 1 aromatic heterocycles. The van der Waals surface area contributed by atoms with Gasteiger partial charge in [0.05, 0.1) is 4.90 Å². The minimum atomic E-state index is -3.85. The molecule has 202 valence electrons. The van der Waals surface area contributed by atoms with Crippen LogP contribution in [0.3, 0.4) is 0 Å². The summed E-state index contributed by atoms with van der Waals surface area (Å²) in [6, 6.07) is 22.4. The van der Waals surface area contributed by atoms with Crippen LogP contribution in [0.5, 0.6) is 5.75 Å². The quantitative estimate of drug-likeness (QED) is 0.311. The van der Waals surface area contributed by atoms with Crippen LogP contribution in [-0.2, 0) is 16.4 Å². The number of para-hydroxylation sites is 1. The first-order valence-electron chi connectivity index (χ1n) is 12.8. The Morgan fingerprint density at radius 3 is 2.41 bits per heavy atom. The molecule has 9 nitrogen and oxygen atoms in total. The highest BCUT2D eigenvalue weighted by Crippen LogP contribution is 2.23. The van der Waals surface area contributed by atoms with Crippen molar-refractivity contribution in [2.24, 2.45) is 0 Å². The summed E-state index contributed by atoms with van der Waals surface area (Å²) in [5, 5.41) is 14.0. The van der Waals surface area contributed by atoms with E-state index in [0.29, 0.717) is 44.5 Å². The number of benzene rings is 3. The Labute approximate surface area is 228 Å². The third-order valence-electron chi connectivity index (χ3n) is 6.83. The van der Waals surface area contributed by atoms with Gasteiger partial charge in [-0.1, -0.05) is 42.5 Å². The van der Waals surface area contributed by atoms with Gasteiger partial charge in [-0.05, 0) is 48.4 Å². The Bertz CT molecular complexity index is 1520. The van der Waals surface area contributed by atoms with Crippen LogP contribution >= 0.6 is 0 Å². The largest absolute Gasteiger partial charge is 0.508 e. The average molecular weight is 546 g/mol. The van der Waals surface area contributed by atoms with Gasteiger partial charge >= 0.3 is 6.03 Å². The van der Waals surface area contributed by atoms with Crippen LogP contribution in [0, 0.1) is 0 Å². The minimum absolute atomic E-state index is 0.146. The smallest absolute Gasteiger partial charge is 0.321 e. The minimum Gasteiger partial charge on any atom is -0.508 e. The van der Waals surface area contributed by atoms with Crippen LogP contribution < -0.4 is 10.0 Å². The van der Waals surface area contributed by atoms with Gasteiger partial charge in [-0.2, -0.15) is 0 Å². The van der Waals surface area contributed by atoms with E-state index in [-0.39, 0.29) is 16.7 Å². The van der Waals surface area contributed by atoms with Crippen molar-refractivity contribution in [1.29, 1.82) is 0 Å². The van der Waals surface area contributed by atoms with Crippen LogP contribution in [0.25, 0.3) is 10.8 Å². The third kappa shape index (κ3) is 6.72. The first kappa shape index (κ1) is 26.6. The van der Waals surface area contributed by atoms with Crippen molar-refractivity contribution in [1.82, 2.24) is 19.5 Å². The number of urea groups is 1. The number of carbonyl (C=O) groups is 1. The zero-order valence-electron chi connectivity index (χ0n) is 21.4. The van der Waals surface area contributed by atoms with Gasteiger partial charge in [0.1, 0.15) is 5.75 Å². The molecule has 5 rings (SSSR count). The Morgan fingerprint density at radius 1 is 0.923 bits per heavy atom. The number of piperazine rings is 1. The van der Waals surface area contributed by atoms with Crippen molar-refractivity contribution in [3.63, 3.8) is 0 Å². The molecule has 2 amide bonds. The maximum absolute atomic E-state index is 13.6. The topological polar surface area (TPSA) is 115 Å². The maximum atomic E-state index is 13.6. The number of rotatable bonds is 8. The molecule has 0 spiro atoms. The van der Waals surface area contributed by atoms with E-state index in [2.05, 4.69) is 19.9 Å². The second kappa shape index (κ2) is 11.8. The number of carbonyl (C=O) groups excluding carboxylic acids is 1. The molecule has 4 aromatic rings. The summed E-state index contributed by atoms with van der Waals surface area (Å²) in [6.07, 6.45) is 3.68. The van der Waals surface area contributed by atoms with Gasteiger partial charge in [0.25, 0.3) is 0 Å². The van der Waals surface area contributed by atoms with Gasteiger partial charge in [-0.25, -0.2) is 17.9 Å². The molecule has 0 bridgehead atoms. The number of aromatic hydroxyl groups is 1. The third-order valence-corrected chi connectivity index (χ3v) is 8.41. The predicted octanol–water partition coefficient (Wildman–Crippen LogP) is 3.68. The lowest BCUT2D eigenvalue weighted by molar-refractivity contribution is 0.141. The first-order chi connectivity index (χ1) is 18.9. The highest BCUT2D eigenvalue weighted by molar-refractivity contribution is 7.89. The Morgan fingerprint density at radius 2 is 1.67 bits per heavy atom. The molecule has 0 aliphatic carbocycles. The molecular weight excluding hydrogens is 514 g/mol. The molecule has 1 atom stereocenters. The maximum Gasteiger partial charge on any atom is 0.321 e. The number of hydrogen-bond acceptors (Lipinski definition) is 6. The van der Waals surface area contributed by atoms with E-state index < -0.39 is 16.1 Å². The van der Waals surface area contributed by atoms with Crippen LogP contribution in [0.15, 0.2) is 96.2 Å². The first-order valence-corrected chi connectivity index (χ1v) is 14.3. The molecular formula is C29H31N5O4S. The Balaban J connectivity index is 1.29. The summed E-state index contributed by atoms with van der Waals surface area (Å²) in [6.45, 7) is 2.79. The van der Waals surface area contributed by atoms with Crippen molar-refractivity contribution in [3.8, 4) is 5.75 Å². The molecule has 0 saturated carbocycles. The summed E-state index contributed by atoms with van der Waals surface area (Å²) in [7, 11) is -3.85. The number of pyridine rings is 1. The van der Waals surface area contributed by atoms with Crippen molar-refractivity contribution in [2.45, 2.75) is 17.4 Å². The summed E-state index contributed by atoms with van der Waals surface area (Å²) in [5.41, 5.74) is 1.65. The number of aromatic nitrogens is 1. The molecule has 1 unspecified atom stereocenters. The molecule has 1 fully saturated rings. The predicted molar refractivity (Wildman–Crippen MR) is 151 cm³/mol. The lowest BCUT2D eigenvalue weighted by atomic mass is 10.1. The molecule has 1 saturated heterocycles. The standard InChI is InChI=1S/C29H31N5O4S/c35-26-11-9-22(10-12-26)19-25(32-39(37,38)28-8-4-5-23-20-30-14-13-27(23)28)21-33-15-17-34(18-16-33)29(36)31-24-6-2-1-3-7-24/h1-14,20,25,32,35H,15-19,21H2,(H,31,36).